The fraction of sp³-hybridized carbons (Fsp3) is 0.208. The molecule has 0 fully saturated rings. The summed E-state index contributed by atoms with van der Waals surface area (Å²) in [4.78, 5) is 12.5. The summed E-state index contributed by atoms with van der Waals surface area (Å²) in [6.45, 7) is 3.59. The number of benzene rings is 3. The summed E-state index contributed by atoms with van der Waals surface area (Å²) in [5.41, 5.74) is 1.89. The van der Waals surface area contributed by atoms with Crippen LogP contribution in [0.4, 0.5) is 21.5 Å². The van der Waals surface area contributed by atoms with Gasteiger partial charge in [0.05, 0.1) is 16.8 Å². The molecule has 0 aliphatic heterocycles. The van der Waals surface area contributed by atoms with E-state index in [1.54, 1.807) is 12.1 Å². The van der Waals surface area contributed by atoms with E-state index in [1.165, 1.54) is 36.4 Å². The second-order valence-electron chi connectivity index (χ2n) is 8.20. The van der Waals surface area contributed by atoms with E-state index in [9.17, 15) is 26.0 Å². The topological polar surface area (TPSA) is 113 Å². The second-order valence-corrected chi connectivity index (χ2v) is 11.8. The minimum atomic E-state index is -3.93. The molecule has 0 aliphatic rings. The predicted octanol–water partition coefficient (Wildman–Crippen LogP) is 4.15. The number of nitrogens with zero attached hydrogens (tertiary/aromatic N) is 1. The summed E-state index contributed by atoms with van der Waals surface area (Å²) in [6, 6.07) is 17.2. The molecule has 3 aromatic carbocycles. The highest BCUT2D eigenvalue weighted by Gasteiger charge is 2.21. The van der Waals surface area contributed by atoms with Gasteiger partial charge in [0.15, 0.2) is 0 Å². The molecule has 0 saturated heterocycles. The largest absolute Gasteiger partial charge is 0.325 e. The molecule has 0 spiro atoms. The molecule has 0 bridgehead atoms. The Bertz CT molecular complexity index is 1390. The molecule has 3 rings (SSSR count). The Kier molecular flexibility index (Phi) is 7.81. The number of halogens is 1. The molecule has 3 aromatic rings. The molecule has 0 atom stereocenters. The first kappa shape index (κ1) is 26.2. The van der Waals surface area contributed by atoms with E-state index in [2.05, 4.69) is 10.0 Å². The first-order valence-electron chi connectivity index (χ1n) is 10.6. The van der Waals surface area contributed by atoms with E-state index >= 15 is 0 Å². The van der Waals surface area contributed by atoms with Crippen LogP contribution in [-0.2, 0) is 24.8 Å². The lowest BCUT2D eigenvalue weighted by molar-refractivity contribution is -0.114. The first-order valence-corrected chi connectivity index (χ1v) is 13.9. The molecule has 35 heavy (non-hydrogen) atoms. The molecule has 0 radical (unpaired) electrons. The Labute approximate surface area is 204 Å². The Morgan fingerprint density at radius 1 is 0.857 bits per heavy atom. The maximum atomic E-state index is 13.0. The van der Waals surface area contributed by atoms with E-state index in [-0.39, 0.29) is 16.5 Å². The number of carbonyl (C=O) groups is 1. The lowest BCUT2D eigenvalue weighted by Crippen LogP contribution is -2.37. The van der Waals surface area contributed by atoms with Gasteiger partial charge in [-0.3, -0.25) is 13.8 Å². The van der Waals surface area contributed by atoms with Crippen LogP contribution in [0.3, 0.4) is 0 Å². The molecule has 2 N–H and O–H groups in total. The fourth-order valence-electron chi connectivity index (χ4n) is 3.21. The summed E-state index contributed by atoms with van der Waals surface area (Å²) < 4.78 is 66.1. The van der Waals surface area contributed by atoms with Gasteiger partial charge in [-0.15, -0.1) is 0 Å². The summed E-state index contributed by atoms with van der Waals surface area (Å²) in [5.74, 6) is -0.810. The van der Waals surface area contributed by atoms with E-state index in [0.717, 1.165) is 28.3 Å². The molecule has 186 valence electrons. The average molecular weight is 520 g/mol. The van der Waals surface area contributed by atoms with Crippen molar-refractivity contribution in [3.8, 4) is 0 Å². The van der Waals surface area contributed by atoms with Crippen LogP contribution in [0, 0.1) is 5.82 Å². The summed E-state index contributed by atoms with van der Waals surface area (Å²) in [7, 11) is -7.66. The van der Waals surface area contributed by atoms with Gasteiger partial charge in [-0.1, -0.05) is 26.0 Å². The van der Waals surface area contributed by atoms with Crippen molar-refractivity contribution in [2.24, 2.45) is 0 Å². The lowest BCUT2D eigenvalue weighted by atomic mass is 10.0. The Morgan fingerprint density at radius 3 is 1.91 bits per heavy atom. The minimum absolute atomic E-state index is 0.0668. The van der Waals surface area contributed by atoms with E-state index in [4.69, 9.17) is 0 Å². The molecular formula is C24H26FN3O5S2. The van der Waals surface area contributed by atoms with Crippen LogP contribution in [0.2, 0.25) is 0 Å². The number of carbonyl (C=O) groups excluding carboxylic acids is 1. The minimum Gasteiger partial charge on any atom is -0.325 e. The highest BCUT2D eigenvalue weighted by molar-refractivity contribution is 7.92. The molecule has 0 saturated carbocycles. The molecule has 8 nitrogen and oxygen atoms in total. The average Bonchev–Trinajstić information content (AvgIpc) is 2.78. The van der Waals surface area contributed by atoms with Gasteiger partial charge in [0.1, 0.15) is 12.4 Å². The van der Waals surface area contributed by atoms with Crippen molar-refractivity contribution in [1.29, 1.82) is 0 Å². The lowest BCUT2D eigenvalue weighted by Gasteiger charge is -2.22. The zero-order valence-electron chi connectivity index (χ0n) is 19.4. The molecule has 0 aromatic heterocycles. The van der Waals surface area contributed by atoms with Gasteiger partial charge in [-0.25, -0.2) is 21.2 Å². The highest BCUT2D eigenvalue weighted by atomic mass is 32.2. The van der Waals surface area contributed by atoms with Gasteiger partial charge in [-0.2, -0.15) is 0 Å². The molecular weight excluding hydrogens is 493 g/mol. The van der Waals surface area contributed by atoms with Crippen molar-refractivity contribution in [2.45, 2.75) is 24.7 Å². The number of amides is 1. The third-order valence-electron chi connectivity index (χ3n) is 5.08. The molecule has 11 heteroatoms. The number of sulfonamides is 2. The summed E-state index contributed by atoms with van der Waals surface area (Å²) in [6.07, 6.45) is 1.02. The number of rotatable bonds is 9. The zero-order valence-corrected chi connectivity index (χ0v) is 21.0. The number of anilines is 3. The van der Waals surface area contributed by atoms with Gasteiger partial charge in [-0.05, 0) is 72.1 Å². The van der Waals surface area contributed by atoms with Crippen LogP contribution in [0.25, 0.3) is 0 Å². The Morgan fingerprint density at radius 2 is 1.40 bits per heavy atom. The predicted molar refractivity (Wildman–Crippen MR) is 135 cm³/mol. The molecule has 1 amide bonds. The second kappa shape index (κ2) is 10.4. The van der Waals surface area contributed by atoms with Crippen molar-refractivity contribution >= 4 is 43.0 Å². The van der Waals surface area contributed by atoms with Gasteiger partial charge < -0.3 is 5.32 Å². The van der Waals surface area contributed by atoms with Gasteiger partial charge in [0.25, 0.3) is 10.0 Å². The third kappa shape index (κ3) is 7.03. The van der Waals surface area contributed by atoms with Crippen molar-refractivity contribution in [2.75, 3.05) is 27.1 Å². The first-order chi connectivity index (χ1) is 16.3. The van der Waals surface area contributed by atoms with Crippen LogP contribution >= 0.6 is 0 Å². The van der Waals surface area contributed by atoms with Crippen molar-refractivity contribution in [1.82, 2.24) is 0 Å². The standard InChI is InChI=1S/C24H26FN3O5S2/c1-17(2)18-4-12-22(13-5-18)28(34(3,30)31)16-24(29)26-20-10-14-23(15-11-20)35(32,33)27-21-8-6-19(25)7-9-21/h4-15,17,27H,16H2,1-3H3,(H,26,29). The van der Waals surface area contributed by atoms with Crippen molar-refractivity contribution in [3.63, 3.8) is 0 Å². The quantitative estimate of drug-likeness (QED) is 0.441. The van der Waals surface area contributed by atoms with Crippen molar-refractivity contribution in [3.05, 3.63) is 84.2 Å². The zero-order chi connectivity index (χ0) is 25.8. The van der Waals surface area contributed by atoms with Crippen LogP contribution < -0.4 is 14.3 Å². The Hall–Kier alpha value is -3.44. The molecule has 0 unspecified atom stereocenters. The smallest absolute Gasteiger partial charge is 0.261 e. The Balaban J connectivity index is 1.70. The maximum absolute atomic E-state index is 13.0. The number of hydrogen-bond acceptors (Lipinski definition) is 5. The van der Waals surface area contributed by atoms with Gasteiger partial charge >= 0.3 is 0 Å². The molecule has 0 aliphatic carbocycles. The van der Waals surface area contributed by atoms with Crippen LogP contribution in [0.15, 0.2) is 77.7 Å². The van der Waals surface area contributed by atoms with E-state index in [0.29, 0.717) is 11.4 Å². The fourth-order valence-corrected chi connectivity index (χ4v) is 5.12. The van der Waals surface area contributed by atoms with Crippen LogP contribution in [0.1, 0.15) is 25.3 Å². The van der Waals surface area contributed by atoms with E-state index < -0.39 is 38.3 Å². The van der Waals surface area contributed by atoms with Gasteiger partial charge in [0.2, 0.25) is 15.9 Å². The number of nitrogens with one attached hydrogen (secondary N) is 2. The highest BCUT2D eigenvalue weighted by Crippen LogP contribution is 2.23. The third-order valence-corrected chi connectivity index (χ3v) is 7.62. The SMILES string of the molecule is CC(C)c1ccc(N(CC(=O)Nc2ccc(S(=O)(=O)Nc3ccc(F)cc3)cc2)S(C)(=O)=O)cc1. The normalized spacial score (nSPS) is 11.8. The number of hydrogen-bond donors (Lipinski definition) is 2. The van der Waals surface area contributed by atoms with Crippen molar-refractivity contribution < 1.29 is 26.0 Å². The van der Waals surface area contributed by atoms with E-state index in [1.807, 2.05) is 26.0 Å². The van der Waals surface area contributed by atoms with Crippen LogP contribution in [0.5, 0.6) is 0 Å². The van der Waals surface area contributed by atoms with Gasteiger partial charge in [0, 0.05) is 11.4 Å². The monoisotopic (exact) mass is 519 g/mol. The van der Waals surface area contributed by atoms with Crippen LogP contribution in [-0.4, -0.2) is 35.5 Å². The maximum Gasteiger partial charge on any atom is 0.261 e. The summed E-state index contributed by atoms with van der Waals surface area (Å²) >= 11 is 0. The summed E-state index contributed by atoms with van der Waals surface area (Å²) in [5, 5.41) is 2.58. The molecule has 0 heterocycles.